The van der Waals surface area contributed by atoms with E-state index in [4.69, 9.17) is 26.9 Å². The van der Waals surface area contributed by atoms with Gasteiger partial charge in [0.2, 0.25) is 0 Å². The number of aromatic nitrogens is 2. The third-order valence-electron chi connectivity index (χ3n) is 3.81. The Hall–Kier alpha value is -0.700. The Kier molecular flexibility index (Phi) is 6.40. The number of nitrogens with zero attached hydrogens (tertiary/aromatic N) is 3. The van der Waals surface area contributed by atoms with E-state index < -0.39 is 0 Å². The molecule has 120 valence electrons. The summed E-state index contributed by atoms with van der Waals surface area (Å²) in [7, 11) is 1.66. The SMILES string of the molecule is CCN1CCOC(C(NN)c2c(Cl)cnn2CCOC)C1. The molecule has 0 saturated carbocycles. The minimum Gasteiger partial charge on any atom is -0.383 e. The largest absolute Gasteiger partial charge is 0.383 e. The minimum absolute atomic E-state index is 0.0563. The summed E-state index contributed by atoms with van der Waals surface area (Å²) in [6.45, 7) is 6.78. The average Bonchev–Trinajstić information content (AvgIpc) is 2.88. The first kappa shape index (κ1) is 16.7. The predicted octanol–water partition coefficient (Wildman–Crippen LogP) is 0.408. The number of rotatable bonds is 7. The lowest BCUT2D eigenvalue weighted by Gasteiger charge is -2.36. The van der Waals surface area contributed by atoms with Gasteiger partial charge in [-0.15, -0.1) is 0 Å². The van der Waals surface area contributed by atoms with Crippen LogP contribution in [0.4, 0.5) is 0 Å². The molecular formula is C13H24ClN5O2. The summed E-state index contributed by atoms with van der Waals surface area (Å²) in [5.74, 6) is 5.77. The topological polar surface area (TPSA) is 77.6 Å². The Labute approximate surface area is 130 Å². The average molecular weight is 318 g/mol. The third kappa shape index (κ3) is 3.94. The zero-order valence-corrected chi connectivity index (χ0v) is 13.3. The molecule has 1 aliphatic heterocycles. The lowest BCUT2D eigenvalue weighted by molar-refractivity contribution is -0.0471. The number of morpholine rings is 1. The van der Waals surface area contributed by atoms with E-state index in [2.05, 4.69) is 22.3 Å². The van der Waals surface area contributed by atoms with E-state index in [1.54, 1.807) is 13.3 Å². The van der Waals surface area contributed by atoms with Gasteiger partial charge in [0.15, 0.2) is 0 Å². The van der Waals surface area contributed by atoms with Gasteiger partial charge in [0.1, 0.15) is 0 Å². The van der Waals surface area contributed by atoms with Crippen LogP contribution < -0.4 is 11.3 Å². The first-order chi connectivity index (χ1) is 10.2. The summed E-state index contributed by atoms with van der Waals surface area (Å²) in [6.07, 6.45) is 1.58. The Morgan fingerprint density at radius 3 is 3.14 bits per heavy atom. The second kappa shape index (κ2) is 8.07. The highest BCUT2D eigenvalue weighted by Crippen LogP contribution is 2.27. The second-order valence-corrected chi connectivity index (χ2v) is 5.45. The molecule has 0 spiro atoms. The van der Waals surface area contributed by atoms with Gasteiger partial charge in [0.25, 0.3) is 0 Å². The quantitative estimate of drug-likeness (QED) is 0.560. The Morgan fingerprint density at radius 2 is 2.48 bits per heavy atom. The molecule has 0 bridgehead atoms. The van der Waals surface area contributed by atoms with Crippen LogP contribution in [-0.2, 0) is 16.0 Å². The van der Waals surface area contributed by atoms with Crippen LogP contribution in [-0.4, -0.2) is 60.7 Å². The summed E-state index contributed by atoms with van der Waals surface area (Å²) in [4.78, 5) is 2.34. The monoisotopic (exact) mass is 317 g/mol. The van der Waals surface area contributed by atoms with Gasteiger partial charge in [-0.1, -0.05) is 18.5 Å². The number of ether oxygens (including phenoxy) is 2. The highest BCUT2D eigenvalue weighted by atomic mass is 35.5. The number of nitrogens with two attached hydrogens (primary N) is 1. The summed E-state index contributed by atoms with van der Waals surface area (Å²) in [5.41, 5.74) is 3.69. The smallest absolute Gasteiger partial charge is 0.0925 e. The molecule has 3 N–H and O–H groups in total. The Morgan fingerprint density at radius 1 is 1.67 bits per heavy atom. The van der Waals surface area contributed by atoms with Crippen LogP contribution in [0, 0.1) is 0 Å². The van der Waals surface area contributed by atoms with E-state index in [1.165, 1.54) is 0 Å². The molecule has 0 aliphatic carbocycles. The van der Waals surface area contributed by atoms with Gasteiger partial charge in [0, 0.05) is 20.2 Å². The summed E-state index contributed by atoms with van der Waals surface area (Å²) >= 11 is 6.30. The molecule has 1 aromatic heterocycles. The van der Waals surface area contributed by atoms with Crippen molar-refractivity contribution in [2.75, 3.05) is 40.0 Å². The van der Waals surface area contributed by atoms with Crippen molar-refractivity contribution in [1.82, 2.24) is 20.1 Å². The van der Waals surface area contributed by atoms with Crippen LogP contribution in [0.25, 0.3) is 0 Å². The van der Waals surface area contributed by atoms with Gasteiger partial charge in [-0.3, -0.25) is 15.4 Å². The number of hydrogen-bond acceptors (Lipinski definition) is 6. The number of methoxy groups -OCH3 is 1. The summed E-state index contributed by atoms with van der Waals surface area (Å²) < 4.78 is 12.8. The molecule has 0 amide bonds. The van der Waals surface area contributed by atoms with Crippen LogP contribution in [0.2, 0.25) is 5.02 Å². The van der Waals surface area contributed by atoms with Crippen LogP contribution >= 0.6 is 11.6 Å². The van der Waals surface area contributed by atoms with E-state index in [9.17, 15) is 0 Å². The fourth-order valence-corrected chi connectivity index (χ4v) is 2.88. The molecule has 2 atom stereocenters. The summed E-state index contributed by atoms with van der Waals surface area (Å²) in [5, 5.41) is 4.89. The van der Waals surface area contributed by atoms with Gasteiger partial charge in [0.05, 0.1) is 48.8 Å². The van der Waals surface area contributed by atoms with Crippen molar-refractivity contribution in [2.45, 2.75) is 25.6 Å². The second-order valence-electron chi connectivity index (χ2n) is 5.04. The molecule has 1 aliphatic rings. The molecule has 2 heterocycles. The van der Waals surface area contributed by atoms with Gasteiger partial charge >= 0.3 is 0 Å². The molecule has 2 rings (SSSR count). The van der Waals surface area contributed by atoms with Crippen molar-refractivity contribution in [2.24, 2.45) is 5.84 Å². The molecule has 0 radical (unpaired) electrons. The maximum absolute atomic E-state index is 6.30. The van der Waals surface area contributed by atoms with Crippen LogP contribution in [0.5, 0.6) is 0 Å². The fraction of sp³-hybridized carbons (Fsp3) is 0.769. The van der Waals surface area contributed by atoms with E-state index >= 15 is 0 Å². The van der Waals surface area contributed by atoms with Crippen LogP contribution in [0.3, 0.4) is 0 Å². The third-order valence-corrected chi connectivity index (χ3v) is 4.10. The molecule has 2 unspecified atom stereocenters. The van der Waals surface area contributed by atoms with Crippen molar-refractivity contribution in [3.05, 3.63) is 16.9 Å². The molecule has 1 aromatic rings. The molecule has 21 heavy (non-hydrogen) atoms. The van der Waals surface area contributed by atoms with Crippen LogP contribution in [0.1, 0.15) is 18.7 Å². The van der Waals surface area contributed by atoms with Crippen molar-refractivity contribution in [1.29, 1.82) is 0 Å². The molecular weight excluding hydrogens is 294 g/mol. The minimum atomic E-state index is -0.203. The molecule has 1 saturated heterocycles. The lowest BCUT2D eigenvalue weighted by Crippen LogP contribution is -2.50. The van der Waals surface area contributed by atoms with E-state index in [-0.39, 0.29) is 12.1 Å². The van der Waals surface area contributed by atoms with Crippen molar-refractivity contribution >= 4 is 11.6 Å². The number of hydrazine groups is 1. The molecule has 0 aromatic carbocycles. The Balaban J connectivity index is 2.18. The van der Waals surface area contributed by atoms with Crippen molar-refractivity contribution < 1.29 is 9.47 Å². The molecule has 7 nitrogen and oxygen atoms in total. The lowest BCUT2D eigenvalue weighted by atomic mass is 10.1. The van der Waals surface area contributed by atoms with Crippen molar-refractivity contribution in [3.8, 4) is 0 Å². The zero-order chi connectivity index (χ0) is 15.2. The Bertz CT molecular complexity index is 442. The number of nitrogens with one attached hydrogen (secondary N) is 1. The maximum Gasteiger partial charge on any atom is 0.0925 e. The fourth-order valence-electron chi connectivity index (χ4n) is 2.62. The first-order valence-corrected chi connectivity index (χ1v) is 7.59. The van der Waals surface area contributed by atoms with Gasteiger partial charge in [-0.05, 0) is 6.54 Å². The highest BCUT2D eigenvalue weighted by Gasteiger charge is 2.32. The first-order valence-electron chi connectivity index (χ1n) is 7.21. The molecule has 1 fully saturated rings. The highest BCUT2D eigenvalue weighted by molar-refractivity contribution is 6.31. The zero-order valence-electron chi connectivity index (χ0n) is 12.6. The van der Waals surface area contributed by atoms with Gasteiger partial charge in [-0.25, -0.2) is 5.43 Å². The number of halogens is 1. The van der Waals surface area contributed by atoms with Crippen molar-refractivity contribution in [3.63, 3.8) is 0 Å². The normalized spacial score (nSPS) is 21.6. The van der Waals surface area contributed by atoms with E-state index in [1.807, 2.05) is 4.68 Å². The standard InChI is InChI=1S/C13H24ClN5O2/c1-3-18-4-7-21-11(9-18)12(17-15)13-10(14)8-16-19(13)5-6-20-2/h8,11-12,17H,3-7,9,15H2,1-2H3. The molecule has 8 heteroatoms. The summed E-state index contributed by atoms with van der Waals surface area (Å²) in [6, 6.07) is -0.203. The van der Waals surface area contributed by atoms with E-state index in [0.717, 1.165) is 25.3 Å². The van der Waals surface area contributed by atoms with Crippen LogP contribution in [0.15, 0.2) is 6.20 Å². The maximum atomic E-state index is 6.30. The van der Waals surface area contributed by atoms with E-state index in [0.29, 0.717) is 24.8 Å². The number of likely N-dealkylation sites (N-methyl/N-ethyl adjacent to an activating group) is 1. The van der Waals surface area contributed by atoms with Gasteiger partial charge in [-0.2, -0.15) is 5.10 Å². The van der Waals surface area contributed by atoms with Gasteiger partial charge < -0.3 is 9.47 Å². The predicted molar refractivity (Wildman–Crippen MR) is 81.0 cm³/mol. The number of hydrogen-bond donors (Lipinski definition) is 2.